The molecule has 1 aromatic carbocycles. The predicted molar refractivity (Wildman–Crippen MR) is 77.8 cm³/mol. The van der Waals surface area contributed by atoms with E-state index < -0.39 is 0 Å². The summed E-state index contributed by atoms with van der Waals surface area (Å²) in [5, 5.41) is -0.0968. The Kier molecular flexibility index (Phi) is 3.27. The topological polar surface area (TPSA) is 27.1 Å². The number of aryl methyl sites for hydroxylation is 1. The van der Waals surface area contributed by atoms with Crippen LogP contribution in [0.5, 0.6) is 0 Å². The molecule has 0 aliphatic carbocycles. The van der Waals surface area contributed by atoms with Gasteiger partial charge >= 0.3 is 0 Å². The standard InChI is InChI=1S/C15H19ClN2O/c1-9-4-5-14-12(8-9)17-15(10(2)16)18(14)13-6-7-19-11(13)3/h4-5,8,10-11,13H,6-7H2,1-3H3. The third kappa shape index (κ3) is 2.15. The van der Waals surface area contributed by atoms with E-state index in [4.69, 9.17) is 21.3 Å². The maximum Gasteiger partial charge on any atom is 0.128 e. The summed E-state index contributed by atoms with van der Waals surface area (Å²) in [6.07, 6.45) is 1.24. The van der Waals surface area contributed by atoms with Crippen molar-refractivity contribution >= 4 is 22.6 Å². The first-order chi connectivity index (χ1) is 9.08. The van der Waals surface area contributed by atoms with Crippen LogP contribution in [0.2, 0.25) is 0 Å². The van der Waals surface area contributed by atoms with Gasteiger partial charge in [0.05, 0.1) is 28.6 Å². The van der Waals surface area contributed by atoms with Crippen LogP contribution in [0, 0.1) is 6.92 Å². The van der Waals surface area contributed by atoms with Crippen molar-refractivity contribution in [3.63, 3.8) is 0 Å². The fourth-order valence-electron chi connectivity index (χ4n) is 2.92. The Morgan fingerprint density at radius 3 is 2.89 bits per heavy atom. The molecule has 0 N–H and O–H groups in total. The minimum atomic E-state index is -0.0968. The summed E-state index contributed by atoms with van der Waals surface area (Å²) in [4.78, 5) is 4.73. The summed E-state index contributed by atoms with van der Waals surface area (Å²) in [5.74, 6) is 0.949. The van der Waals surface area contributed by atoms with Gasteiger partial charge in [-0.3, -0.25) is 0 Å². The average Bonchev–Trinajstić information content (AvgIpc) is 2.91. The first kappa shape index (κ1) is 12.9. The van der Waals surface area contributed by atoms with Gasteiger partial charge in [-0.2, -0.15) is 0 Å². The lowest BCUT2D eigenvalue weighted by molar-refractivity contribution is 0.108. The second-order valence-corrected chi connectivity index (χ2v) is 6.03. The van der Waals surface area contributed by atoms with E-state index in [2.05, 4.69) is 36.6 Å². The minimum Gasteiger partial charge on any atom is -0.376 e. The molecule has 3 unspecified atom stereocenters. The number of imidazole rings is 1. The Balaban J connectivity index is 2.22. The zero-order valence-corrected chi connectivity index (χ0v) is 12.3. The number of aromatic nitrogens is 2. The molecule has 0 radical (unpaired) electrons. The highest BCUT2D eigenvalue weighted by molar-refractivity contribution is 6.20. The number of alkyl halides is 1. The van der Waals surface area contributed by atoms with E-state index in [9.17, 15) is 0 Å². The molecule has 3 rings (SSSR count). The van der Waals surface area contributed by atoms with Gasteiger partial charge in [0.25, 0.3) is 0 Å². The van der Waals surface area contributed by atoms with Crippen LogP contribution < -0.4 is 0 Å². The number of hydrogen-bond acceptors (Lipinski definition) is 2. The van der Waals surface area contributed by atoms with E-state index >= 15 is 0 Å². The molecule has 1 aliphatic heterocycles. The molecule has 1 aliphatic rings. The highest BCUT2D eigenvalue weighted by atomic mass is 35.5. The Bertz CT molecular complexity index is 605. The third-order valence-electron chi connectivity index (χ3n) is 3.90. The average molecular weight is 279 g/mol. The SMILES string of the molecule is Cc1ccc2c(c1)nc(C(C)Cl)n2C1CCOC1C. The van der Waals surface area contributed by atoms with Crippen LogP contribution in [0.25, 0.3) is 11.0 Å². The number of benzene rings is 1. The predicted octanol–water partition coefficient (Wildman–Crippen LogP) is 3.99. The molecule has 3 atom stereocenters. The van der Waals surface area contributed by atoms with Crippen molar-refractivity contribution in [1.29, 1.82) is 0 Å². The molecular weight excluding hydrogens is 260 g/mol. The maximum atomic E-state index is 6.32. The van der Waals surface area contributed by atoms with Gasteiger partial charge in [0.15, 0.2) is 0 Å². The Hall–Kier alpha value is -1.06. The lowest BCUT2D eigenvalue weighted by atomic mass is 10.1. The van der Waals surface area contributed by atoms with Crippen molar-refractivity contribution in [2.24, 2.45) is 0 Å². The molecule has 0 bridgehead atoms. The quantitative estimate of drug-likeness (QED) is 0.777. The molecular formula is C15H19ClN2O. The van der Waals surface area contributed by atoms with Crippen LogP contribution in [0.3, 0.4) is 0 Å². The van der Waals surface area contributed by atoms with Gasteiger partial charge in [-0.05, 0) is 44.9 Å². The molecule has 2 heterocycles. The zero-order chi connectivity index (χ0) is 13.6. The summed E-state index contributed by atoms with van der Waals surface area (Å²) in [6.45, 7) is 7.00. The minimum absolute atomic E-state index is 0.0968. The van der Waals surface area contributed by atoms with E-state index in [0.717, 1.165) is 29.9 Å². The number of rotatable bonds is 2. The van der Waals surface area contributed by atoms with Gasteiger partial charge in [0.2, 0.25) is 0 Å². The fraction of sp³-hybridized carbons (Fsp3) is 0.533. The molecule has 3 nitrogen and oxygen atoms in total. The van der Waals surface area contributed by atoms with Gasteiger partial charge in [-0.25, -0.2) is 4.98 Å². The van der Waals surface area contributed by atoms with E-state index in [1.54, 1.807) is 0 Å². The van der Waals surface area contributed by atoms with Crippen molar-refractivity contribution < 1.29 is 4.74 Å². The summed E-state index contributed by atoms with van der Waals surface area (Å²) in [7, 11) is 0. The normalized spacial score (nSPS) is 25.1. The summed E-state index contributed by atoms with van der Waals surface area (Å²) >= 11 is 6.32. The molecule has 2 aromatic rings. The molecule has 0 amide bonds. The number of fused-ring (bicyclic) bond motifs is 1. The highest BCUT2D eigenvalue weighted by Gasteiger charge is 2.30. The van der Waals surface area contributed by atoms with Crippen molar-refractivity contribution in [3.05, 3.63) is 29.6 Å². The molecule has 0 saturated carbocycles. The fourth-order valence-corrected chi connectivity index (χ4v) is 3.07. The summed E-state index contributed by atoms with van der Waals surface area (Å²) in [6, 6.07) is 6.73. The second-order valence-electron chi connectivity index (χ2n) is 5.38. The van der Waals surface area contributed by atoms with Gasteiger partial charge in [0.1, 0.15) is 5.82 Å². The van der Waals surface area contributed by atoms with Crippen LogP contribution >= 0.6 is 11.6 Å². The monoisotopic (exact) mass is 278 g/mol. The van der Waals surface area contributed by atoms with E-state index in [1.807, 2.05) is 6.92 Å². The van der Waals surface area contributed by atoms with Crippen molar-refractivity contribution in [2.75, 3.05) is 6.61 Å². The van der Waals surface area contributed by atoms with Crippen molar-refractivity contribution in [1.82, 2.24) is 9.55 Å². The Morgan fingerprint density at radius 2 is 2.26 bits per heavy atom. The molecule has 4 heteroatoms. The van der Waals surface area contributed by atoms with Crippen LogP contribution in [0.4, 0.5) is 0 Å². The van der Waals surface area contributed by atoms with Crippen LogP contribution in [0.15, 0.2) is 18.2 Å². The number of ether oxygens (including phenoxy) is 1. The van der Waals surface area contributed by atoms with E-state index in [1.165, 1.54) is 5.56 Å². The molecule has 1 aromatic heterocycles. The lowest BCUT2D eigenvalue weighted by Crippen LogP contribution is -2.19. The van der Waals surface area contributed by atoms with Crippen LogP contribution in [-0.2, 0) is 4.74 Å². The summed E-state index contributed by atoms with van der Waals surface area (Å²) in [5.41, 5.74) is 3.42. The first-order valence-corrected chi connectivity index (χ1v) is 7.25. The van der Waals surface area contributed by atoms with Crippen LogP contribution in [0.1, 0.15) is 43.1 Å². The smallest absolute Gasteiger partial charge is 0.128 e. The zero-order valence-electron chi connectivity index (χ0n) is 11.6. The van der Waals surface area contributed by atoms with Crippen LogP contribution in [-0.4, -0.2) is 22.3 Å². The molecule has 1 fully saturated rings. The molecule has 102 valence electrons. The van der Waals surface area contributed by atoms with Gasteiger partial charge in [-0.15, -0.1) is 11.6 Å². The summed E-state index contributed by atoms with van der Waals surface area (Å²) < 4.78 is 7.99. The third-order valence-corrected chi connectivity index (χ3v) is 4.09. The number of halogens is 1. The second kappa shape index (κ2) is 4.80. The lowest BCUT2D eigenvalue weighted by Gasteiger charge is -2.20. The van der Waals surface area contributed by atoms with Gasteiger partial charge in [0, 0.05) is 6.61 Å². The molecule has 0 spiro atoms. The molecule has 1 saturated heterocycles. The van der Waals surface area contributed by atoms with E-state index in [-0.39, 0.29) is 11.5 Å². The Labute approximate surface area is 118 Å². The maximum absolute atomic E-state index is 6.32. The van der Waals surface area contributed by atoms with Crippen molar-refractivity contribution in [2.45, 2.75) is 44.7 Å². The largest absolute Gasteiger partial charge is 0.376 e. The number of nitrogens with zero attached hydrogens (tertiary/aromatic N) is 2. The van der Waals surface area contributed by atoms with Gasteiger partial charge < -0.3 is 9.30 Å². The van der Waals surface area contributed by atoms with Gasteiger partial charge in [-0.1, -0.05) is 6.07 Å². The molecule has 19 heavy (non-hydrogen) atoms. The Morgan fingerprint density at radius 1 is 1.47 bits per heavy atom. The van der Waals surface area contributed by atoms with Crippen molar-refractivity contribution in [3.8, 4) is 0 Å². The van der Waals surface area contributed by atoms with E-state index in [0.29, 0.717) is 6.04 Å². The number of hydrogen-bond donors (Lipinski definition) is 0. The highest BCUT2D eigenvalue weighted by Crippen LogP contribution is 2.34. The first-order valence-electron chi connectivity index (χ1n) is 6.82.